The number of ketones is 1. The van der Waals surface area contributed by atoms with Crippen LogP contribution in [0, 0.1) is 23.2 Å². The Morgan fingerprint density at radius 2 is 2.00 bits per heavy atom. The zero-order valence-electron chi connectivity index (χ0n) is 15.6. The van der Waals surface area contributed by atoms with Crippen LogP contribution in [0.15, 0.2) is 30.3 Å². The second-order valence-corrected chi connectivity index (χ2v) is 7.82. The van der Waals surface area contributed by atoms with Gasteiger partial charge in [-0.15, -0.1) is 0 Å². The fourth-order valence-corrected chi connectivity index (χ4v) is 4.93. The van der Waals surface area contributed by atoms with Crippen LogP contribution in [0.2, 0.25) is 0 Å². The quantitative estimate of drug-likeness (QED) is 0.791. The van der Waals surface area contributed by atoms with Crippen molar-refractivity contribution in [1.82, 2.24) is 9.78 Å². The van der Waals surface area contributed by atoms with E-state index in [-0.39, 0.29) is 17.6 Å². The molecule has 0 radical (unpaired) electrons. The molecule has 2 aliphatic rings. The molecule has 0 N–H and O–H groups in total. The van der Waals surface area contributed by atoms with Crippen molar-refractivity contribution in [3.8, 4) is 17.3 Å². The number of fused-ring (bicyclic) bond motifs is 3. The van der Waals surface area contributed by atoms with E-state index in [4.69, 9.17) is 9.84 Å². The summed E-state index contributed by atoms with van der Waals surface area (Å²) in [7, 11) is 1.94. The summed E-state index contributed by atoms with van der Waals surface area (Å²) in [4.78, 5) is 12.7. The van der Waals surface area contributed by atoms with Crippen LogP contribution in [0.25, 0.3) is 11.3 Å². The Bertz CT molecular complexity index is 927. The van der Waals surface area contributed by atoms with E-state index in [1.807, 2.05) is 43.8 Å². The van der Waals surface area contributed by atoms with Gasteiger partial charge in [0.1, 0.15) is 11.7 Å². The van der Waals surface area contributed by atoms with Crippen molar-refractivity contribution >= 4 is 5.78 Å². The van der Waals surface area contributed by atoms with Gasteiger partial charge in [0.25, 0.3) is 0 Å². The normalized spacial score (nSPS) is 33.3. The van der Waals surface area contributed by atoms with E-state index in [0.717, 1.165) is 29.8 Å². The van der Waals surface area contributed by atoms with Gasteiger partial charge in [0.05, 0.1) is 11.4 Å². The number of aromatic nitrogens is 2. The molecule has 0 bridgehead atoms. The number of rotatable bonds is 1. The number of Topliss-reactive ketones (excluding diaryl/α,β-unsaturated/α-hetero) is 1. The highest BCUT2D eigenvalue weighted by molar-refractivity contribution is 5.93. The lowest BCUT2D eigenvalue weighted by atomic mass is 9.64. The third-order valence-electron chi connectivity index (χ3n) is 6.19. The van der Waals surface area contributed by atoms with Crippen LogP contribution in [-0.4, -0.2) is 21.2 Å². The highest BCUT2D eigenvalue weighted by Crippen LogP contribution is 2.53. The first-order chi connectivity index (χ1) is 12.3. The molecule has 0 unspecified atom stereocenters. The molecular formula is C21H23N3O2. The van der Waals surface area contributed by atoms with Gasteiger partial charge in [-0.3, -0.25) is 9.48 Å². The Hall–Kier alpha value is -2.45. The number of hydrogen-bond acceptors (Lipinski definition) is 4. The minimum Gasteiger partial charge on any atom is -0.340 e. The smallest absolute Gasteiger partial charge is 0.210 e. The molecule has 0 saturated carbocycles. The van der Waals surface area contributed by atoms with Gasteiger partial charge in [0.2, 0.25) is 5.60 Å². The Labute approximate surface area is 153 Å². The number of nitrogens with zero attached hydrogens (tertiary/aromatic N) is 3. The maximum atomic E-state index is 12.7. The van der Waals surface area contributed by atoms with Gasteiger partial charge in [-0.2, -0.15) is 10.4 Å². The molecule has 5 heteroatoms. The van der Waals surface area contributed by atoms with Gasteiger partial charge >= 0.3 is 0 Å². The molecular weight excluding hydrogens is 326 g/mol. The molecule has 0 spiro atoms. The Kier molecular flexibility index (Phi) is 3.61. The van der Waals surface area contributed by atoms with Crippen molar-refractivity contribution in [2.75, 3.05) is 0 Å². The third kappa shape index (κ3) is 2.12. The van der Waals surface area contributed by atoms with Crippen molar-refractivity contribution in [3.63, 3.8) is 0 Å². The molecule has 0 amide bonds. The van der Waals surface area contributed by atoms with Crippen molar-refractivity contribution in [1.29, 1.82) is 5.26 Å². The van der Waals surface area contributed by atoms with Crippen LogP contribution in [0.1, 0.15) is 38.4 Å². The summed E-state index contributed by atoms with van der Waals surface area (Å²) < 4.78 is 8.15. The standard InChI is InChI=1S/C21H23N3O2/c1-13-16-11-10-15-17(14-8-6-5-7-9-14)24(4)23-18(15)21(16,3)26-20(2,12-22)19(13)25/h5-9,13,16H,10-11H2,1-4H3/t13-,16-,20-,21-/m0/s1. The van der Waals surface area contributed by atoms with E-state index in [0.29, 0.717) is 0 Å². The first kappa shape index (κ1) is 17.0. The molecule has 1 aromatic carbocycles. The minimum atomic E-state index is -1.43. The largest absolute Gasteiger partial charge is 0.340 e. The summed E-state index contributed by atoms with van der Waals surface area (Å²) >= 11 is 0. The lowest BCUT2D eigenvalue weighted by Crippen LogP contribution is -2.59. The molecule has 1 aliphatic carbocycles. The lowest BCUT2D eigenvalue weighted by molar-refractivity contribution is -0.206. The molecule has 5 nitrogen and oxygen atoms in total. The Morgan fingerprint density at radius 3 is 2.65 bits per heavy atom. The number of hydrogen-bond donors (Lipinski definition) is 0. The fraction of sp³-hybridized carbons (Fsp3) is 0.476. The first-order valence-corrected chi connectivity index (χ1v) is 9.09. The van der Waals surface area contributed by atoms with Gasteiger partial charge in [-0.25, -0.2) is 0 Å². The fourth-order valence-electron chi connectivity index (χ4n) is 4.93. The van der Waals surface area contributed by atoms with Gasteiger partial charge in [0, 0.05) is 30.0 Å². The second kappa shape index (κ2) is 5.52. The Balaban J connectivity index is 1.90. The molecule has 1 saturated heterocycles. The number of aryl methyl sites for hydroxylation is 1. The highest BCUT2D eigenvalue weighted by Gasteiger charge is 2.59. The van der Waals surface area contributed by atoms with Gasteiger partial charge in [0.15, 0.2) is 5.78 Å². The molecule has 2 aromatic rings. The van der Waals surface area contributed by atoms with Crippen LogP contribution in [0.3, 0.4) is 0 Å². The average Bonchev–Trinajstić information content (AvgIpc) is 2.98. The van der Waals surface area contributed by atoms with Crippen LogP contribution in [0.4, 0.5) is 0 Å². The zero-order valence-corrected chi connectivity index (χ0v) is 15.6. The van der Waals surface area contributed by atoms with Gasteiger partial charge in [-0.05, 0) is 26.7 Å². The number of carbonyl (C=O) groups excluding carboxylic acids is 1. The van der Waals surface area contributed by atoms with E-state index in [1.165, 1.54) is 5.56 Å². The predicted octanol–water partition coefficient (Wildman–Crippen LogP) is 3.38. The van der Waals surface area contributed by atoms with Crippen molar-refractivity contribution in [2.24, 2.45) is 18.9 Å². The van der Waals surface area contributed by atoms with E-state index >= 15 is 0 Å². The Morgan fingerprint density at radius 1 is 1.31 bits per heavy atom. The zero-order chi connectivity index (χ0) is 18.7. The second-order valence-electron chi connectivity index (χ2n) is 7.82. The van der Waals surface area contributed by atoms with Crippen molar-refractivity contribution in [3.05, 3.63) is 41.6 Å². The minimum absolute atomic E-state index is 0.0300. The molecule has 134 valence electrons. The third-order valence-corrected chi connectivity index (χ3v) is 6.19. The maximum absolute atomic E-state index is 12.7. The molecule has 4 atom stereocenters. The summed E-state index contributed by atoms with van der Waals surface area (Å²) in [6, 6.07) is 12.3. The summed E-state index contributed by atoms with van der Waals surface area (Å²) in [6.07, 6.45) is 1.71. The van der Waals surface area contributed by atoms with E-state index in [2.05, 4.69) is 18.2 Å². The molecule has 26 heavy (non-hydrogen) atoms. The summed E-state index contributed by atoms with van der Waals surface area (Å²) in [5, 5.41) is 14.4. The summed E-state index contributed by atoms with van der Waals surface area (Å²) in [5.41, 5.74) is 2.08. The van der Waals surface area contributed by atoms with E-state index in [9.17, 15) is 10.1 Å². The monoisotopic (exact) mass is 349 g/mol. The number of nitriles is 1. The van der Waals surface area contributed by atoms with Crippen LogP contribution < -0.4 is 0 Å². The molecule has 2 heterocycles. The number of ether oxygens (including phenoxy) is 1. The van der Waals surface area contributed by atoms with Crippen molar-refractivity contribution < 1.29 is 9.53 Å². The number of benzene rings is 1. The topological polar surface area (TPSA) is 67.9 Å². The molecule has 1 aromatic heterocycles. The SMILES string of the molecule is C[C@@H]1C(=O)[C@](C)(C#N)O[C@]2(C)c3nn(C)c(-c4ccccc4)c3CC[C@@H]12. The van der Waals surface area contributed by atoms with Crippen LogP contribution in [-0.2, 0) is 28.6 Å². The van der Waals surface area contributed by atoms with Crippen LogP contribution in [0.5, 0.6) is 0 Å². The predicted molar refractivity (Wildman–Crippen MR) is 97.1 cm³/mol. The van der Waals surface area contributed by atoms with Gasteiger partial charge in [-0.1, -0.05) is 37.3 Å². The first-order valence-electron chi connectivity index (χ1n) is 9.09. The molecule has 1 fully saturated rings. The van der Waals surface area contributed by atoms with E-state index in [1.54, 1.807) is 6.92 Å². The van der Waals surface area contributed by atoms with Crippen LogP contribution >= 0.6 is 0 Å². The average molecular weight is 349 g/mol. The summed E-state index contributed by atoms with van der Waals surface area (Å²) in [5.74, 6) is -0.318. The lowest BCUT2D eigenvalue weighted by Gasteiger charge is -2.50. The molecule has 4 rings (SSSR count). The van der Waals surface area contributed by atoms with Crippen molar-refractivity contribution in [2.45, 2.75) is 44.8 Å². The highest BCUT2D eigenvalue weighted by atomic mass is 16.5. The van der Waals surface area contributed by atoms with Gasteiger partial charge < -0.3 is 4.74 Å². The van der Waals surface area contributed by atoms with E-state index < -0.39 is 11.2 Å². The maximum Gasteiger partial charge on any atom is 0.210 e. The summed E-state index contributed by atoms with van der Waals surface area (Å²) in [6.45, 7) is 5.51. The molecule has 1 aliphatic heterocycles. The number of carbonyl (C=O) groups is 1.